The van der Waals surface area contributed by atoms with E-state index in [1.165, 1.54) is 126 Å². The van der Waals surface area contributed by atoms with Gasteiger partial charge in [-0.1, -0.05) is 78.9 Å². The lowest BCUT2D eigenvalue weighted by Gasteiger charge is -2.23. The summed E-state index contributed by atoms with van der Waals surface area (Å²) < 4.78 is 20.7. The van der Waals surface area contributed by atoms with Crippen molar-refractivity contribution in [2.75, 3.05) is 33.9 Å². The van der Waals surface area contributed by atoms with Crippen molar-refractivity contribution in [3.63, 3.8) is 0 Å². The van der Waals surface area contributed by atoms with Crippen LogP contribution in [0.4, 0.5) is 0 Å². The summed E-state index contributed by atoms with van der Waals surface area (Å²) in [5.74, 6) is 2.49. The Morgan fingerprint density at radius 1 is 0.719 bits per heavy atom. The van der Waals surface area contributed by atoms with Gasteiger partial charge in [-0.3, -0.25) is 4.57 Å². The number of fused-ring (bicyclic) bond motifs is 10. The van der Waals surface area contributed by atoms with Crippen LogP contribution in [-0.2, 0) is 29.1 Å². The molecule has 0 radical (unpaired) electrons. The first-order chi connectivity index (χ1) is 30.7. The van der Waals surface area contributed by atoms with E-state index >= 15 is 0 Å². The maximum atomic E-state index is 12.2. The number of aryl methyl sites for hydroxylation is 2. The van der Waals surface area contributed by atoms with Crippen LogP contribution in [0.2, 0.25) is 0 Å². The third-order valence-corrected chi connectivity index (χ3v) is 15.5. The average molecular weight is 1000 g/mol. The van der Waals surface area contributed by atoms with Gasteiger partial charge in [0.05, 0.1) is 42.3 Å². The summed E-state index contributed by atoms with van der Waals surface area (Å²) >= 11 is 7.23. The highest BCUT2D eigenvalue weighted by Crippen LogP contribution is 2.47. The van der Waals surface area contributed by atoms with E-state index in [9.17, 15) is 9.59 Å². The van der Waals surface area contributed by atoms with Crippen molar-refractivity contribution in [1.82, 2.24) is 33.1 Å². The van der Waals surface area contributed by atoms with Gasteiger partial charge >= 0.3 is 11.9 Å². The lowest BCUT2D eigenvalue weighted by Crippen LogP contribution is -2.21. The molecule has 13 heteroatoms. The van der Waals surface area contributed by atoms with Gasteiger partial charge < -0.3 is 28.1 Å². The van der Waals surface area contributed by atoms with E-state index in [1.54, 1.807) is 0 Å². The van der Waals surface area contributed by atoms with Crippen LogP contribution in [0, 0.1) is 0 Å². The molecule has 0 saturated heterocycles. The number of benzene rings is 2. The van der Waals surface area contributed by atoms with Crippen molar-refractivity contribution in [3.8, 4) is 23.0 Å². The summed E-state index contributed by atoms with van der Waals surface area (Å²) in [6.45, 7) is 12.8. The Balaban J connectivity index is 0.000000165. The Labute approximate surface area is 395 Å². The number of hydrogen-bond acceptors (Lipinski definition) is 7. The largest absolute Gasteiger partial charge is 0.465 e. The number of nitrogens with zero attached hydrogens (tertiary/aromatic N) is 7. The molecule has 0 bridgehead atoms. The number of rotatable bonds is 7. The maximum Gasteiger partial charge on any atom is 0.337 e. The summed E-state index contributed by atoms with van der Waals surface area (Å²) in [7, 11) is 2.86. The highest BCUT2D eigenvalue weighted by molar-refractivity contribution is 9.13. The number of ether oxygens (including phenoxy) is 2. The zero-order valence-corrected chi connectivity index (χ0v) is 40.6. The second-order valence-electron chi connectivity index (χ2n) is 17.1. The third-order valence-electron chi connectivity index (χ3n) is 13.7. The van der Waals surface area contributed by atoms with Crippen LogP contribution in [0.3, 0.4) is 0 Å². The monoisotopic (exact) mass is 997 g/mol. The van der Waals surface area contributed by atoms with Crippen LogP contribution in [-0.4, -0.2) is 78.9 Å². The average Bonchev–Trinajstić information content (AvgIpc) is 4.01. The fraction of sp³-hybridized carbons (Fsp3) is 0.490. The topological polar surface area (TPSA) is 101 Å². The van der Waals surface area contributed by atoms with Gasteiger partial charge in [0.2, 0.25) is 0 Å². The molecule has 64 heavy (non-hydrogen) atoms. The second-order valence-corrected chi connectivity index (χ2v) is 18.6. The molecule has 0 amide bonds. The van der Waals surface area contributed by atoms with Gasteiger partial charge in [-0.05, 0) is 137 Å². The molecule has 0 unspecified atom stereocenters. The van der Waals surface area contributed by atoms with Crippen LogP contribution in [0.1, 0.15) is 143 Å². The van der Waals surface area contributed by atoms with Crippen molar-refractivity contribution >= 4 is 71.8 Å². The summed E-state index contributed by atoms with van der Waals surface area (Å²) in [5, 5.41) is 2.50. The summed E-state index contributed by atoms with van der Waals surface area (Å²) in [4.78, 5) is 36.2. The molecule has 0 atom stereocenters. The van der Waals surface area contributed by atoms with Crippen molar-refractivity contribution in [2.45, 2.75) is 130 Å². The number of halogens is 2. The lowest BCUT2D eigenvalue weighted by molar-refractivity contribution is 0.0592. The second kappa shape index (κ2) is 21.2. The molecule has 6 heterocycles. The van der Waals surface area contributed by atoms with Crippen LogP contribution in [0.15, 0.2) is 64.1 Å². The molecule has 2 aliphatic carbocycles. The molecule has 4 aromatic heterocycles. The van der Waals surface area contributed by atoms with E-state index in [2.05, 4.69) is 106 Å². The van der Waals surface area contributed by atoms with E-state index in [0.717, 1.165) is 63.6 Å². The summed E-state index contributed by atoms with van der Waals surface area (Å²) in [6.07, 6.45) is 21.9. The van der Waals surface area contributed by atoms with Crippen LogP contribution < -0.4 is 0 Å². The minimum Gasteiger partial charge on any atom is -0.465 e. The number of aromatic nitrogens is 6. The molecular formula is C51H65Br2N7O4. The Bertz CT molecular complexity index is 2610. The predicted molar refractivity (Wildman–Crippen MR) is 266 cm³/mol. The van der Waals surface area contributed by atoms with Crippen molar-refractivity contribution in [3.05, 3.63) is 86.3 Å². The maximum absolute atomic E-state index is 12.2. The van der Waals surface area contributed by atoms with Gasteiger partial charge in [-0.15, -0.1) is 0 Å². The molecule has 0 N–H and O–H groups in total. The molecule has 2 aromatic carbocycles. The number of esters is 2. The lowest BCUT2D eigenvalue weighted by atomic mass is 9.82. The molecule has 2 saturated carbocycles. The number of carbonyl (C=O) groups excluding carboxylic acids is 2. The highest BCUT2D eigenvalue weighted by Gasteiger charge is 2.32. The fourth-order valence-electron chi connectivity index (χ4n) is 10.5. The molecule has 11 nitrogen and oxygen atoms in total. The van der Waals surface area contributed by atoms with E-state index in [0.29, 0.717) is 23.0 Å². The Morgan fingerprint density at radius 3 is 1.77 bits per heavy atom. The van der Waals surface area contributed by atoms with E-state index in [1.807, 2.05) is 30.5 Å². The quantitative estimate of drug-likeness (QED) is 0.147. The SMILES string of the molecule is C.CCN(CC)CC.COC(=O)c1ccc2c(C3CCCCC3)c3n(c2c1)CC=Cn1c-3nc(Br)c1Br.COC(=O)c1ccc2c(C3CCCCC3)c3n(c2c1)CCCn1ccnc1-3. The normalized spacial score (nSPS) is 15.9. The zero-order valence-electron chi connectivity index (χ0n) is 37.5. The highest BCUT2D eigenvalue weighted by atomic mass is 79.9. The van der Waals surface area contributed by atoms with Crippen LogP contribution >= 0.6 is 31.9 Å². The Hall–Kier alpha value is -4.46. The molecule has 6 aromatic rings. The minimum atomic E-state index is -0.308. The molecule has 10 rings (SSSR count). The standard InChI is InChI=1S/C22H21Br2N3O2.C22H25N3O2.C6H15N.CH4/c1-29-22(28)14-8-9-15-16(12-14)26-10-5-11-27-20(24)19(23)25-21(27)18(26)17(15)13-6-3-2-4-7-13;1-27-22(26)16-8-9-17-18(14-16)25-12-5-11-24-13-10-23-21(24)20(25)19(17)15-6-3-2-4-7-15;1-4-7(5-2)6-3;/h5,8-9,11-13H,2-4,6-7,10H2,1H3;8-10,13-15H,2-7,11-12H2,1H3;4-6H2,1-3H3;1H4. The molecule has 4 aliphatic rings. The van der Waals surface area contributed by atoms with E-state index in [-0.39, 0.29) is 19.4 Å². The molecule has 2 fully saturated rings. The first kappa shape index (κ1) is 47.5. The number of carbonyl (C=O) groups is 2. The van der Waals surface area contributed by atoms with E-state index in [4.69, 9.17) is 19.4 Å². The molecule has 0 spiro atoms. The van der Waals surface area contributed by atoms with Gasteiger partial charge in [-0.2, -0.15) is 0 Å². The van der Waals surface area contributed by atoms with Gasteiger partial charge in [0.15, 0.2) is 11.6 Å². The summed E-state index contributed by atoms with van der Waals surface area (Å²) in [6, 6.07) is 12.0. The Kier molecular flexibility index (Phi) is 15.8. The predicted octanol–water partition coefficient (Wildman–Crippen LogP) is 13.1. The minimum absolute atomic E-state index is 0. The van der Waals surface area contributed by atoms with Crippen molar-refractivity contribution < 1.29 is 19.1 Å². The summed E-state index contributed by atoms with van der Waals surface area (Å²) in [5.41, 5.74) is 8.64. The van der Waals surface area contributed by atoms with E-state index < -0.39 is 0 Å². The van der Waals surface area contributed by atoms with Crippen LogP contribution in [0.25, 0.3) is 51.0 Å². The first-order valence-electron chi connectivity index (χ1n) is 23.1. The smallest absolute Gasteiger partial charge is 0.337 e. The number of hydrogen-bond donors (Lipinski definition) is 0. The molecule has 342 valence electrons. The Morgan fingerprint density at radius 2 is 1.25 bits per heavy atom. The molecule has 2 aliphatic heterocycles. The van der Waals surface area contributed by atoms with Crippen molar-refractivity contribution in [2.24, 2.45) is 0 Å². The van der Waals surface area contributed by atoms with Gasteiger partial charge in [0.1, 0.15) is 9.21 Å². The van der Waals surface area contributed by atoms with Gasteiger partial charge in [0.25, 0.3) is 0 Å². The van der Waals surface area contributed by atoms with Crippen molar-refractivity contribution in [1.29, 1.82) is 0 Å². The zero-order chi connectivity index (χ0) is 44.2. The molecular weight excluding hydrogens is 934 g/mol. The fourth-order valence-corrected chi connectivity index (χ4v) is 11.2. The van der Waals surface area contributed by atoms with Gasteiger partial charge in [0, 0.05) is 54.5 Å². The number of imidazole rings is 2. The van der Waals surface area contributed by atoms with Crippen LogP contribution in [0.5, 0.6) is 0 Å². The number of allylic oxidation sites excluding steroid dienone is 1. The first-order valence-corrected chi connectivity index (χ1v) is 24.6. The third kappa shape index (κ3) is 9.18. The van der Waals surface area contributed by atoms with Gasteiger partial charge in [-0.25, -0.2) is 19.6 Å². The number of methoxy groups -OCH3 is 2.